The third-order valence-corrected chi connectivity index (χ3v) is 3.02. The molecule has 0 unspecified atom stereocenters. The van der Waals surface area contributed by atoms with Crippen molar-refractivity contribution in [3.05, 3.63) is 28.8 Å². The fourth-order valence-corrected chi connectivity index (χ4v) is 1.87. The quantitative estimate of drug-likeness (QED) is 0.771. The van der Waals surface area contributed by atoms with Gasteiger partial charge >= 0.3 is 0 Å². The fourth-order valence-electron chi connectivity index (χ4n) is 1.63. The van der Waals surface area contributed by atoms with Gasteiger partial charge in [-0.05, 0) is 46.8 Å². The van der Waals surface area contributed by atoms with Gasteiger partial charge in [0, 0.05) is 22.7 Å². The Morgan fingerprint density at radius 2 is 1.90 bits per heavy atom. The molecule has 0 spiro atoms. The molecule has 0 saturated carbocycles. The lowest BCUT2D eigenvalue weighted by Crippen LogP contribution is -2.35. The minimum atomic E-state index is 0.0389. The molecule has 20 heavy (non-hydrogen) atoms. The van der Waals surface area contributed by atoms with Crippen LogP contribution in [0.1, 0.15) is 40.2 Å². The molecule has 3 nitrogen and oxygen atoms in total. The van der Waals surface area contributed by atoms with Crippen molar-refractivity contribution in [2.24, 2.45) is 0 Å². The molecule has 0 amide bonds. The Morgan fingerprint density at radius 1 is 1.20 bits per heavy atom. The summed E-state index contributed by atoms with van der Waals surface area (Å²) >= 11 is 6.27. The van der Waals surface area contributed by atoms with Crippen molar-refractivity contribution < 1.29 is 9.47 Å². The number of hydrogen-bond acceptors (Lipinski definition) is 3. The molecule has 0 fully saturated rings. The van der Waals surface area contributed by atoms with Crippen LogP contribution < -0.4 is 10.1 Å². The van der Waals surface area contributed by atoms with Crippen LogP contribution in [0, 0.1) is 0 Å². The van der Waals surface area contributed by atoms with Crippen LogP contribution in [0.3, 0.4) is 0 Å². The van der Waals surface area contributed by atoms with Crippen LogP contribution in [0.2, 0.25) is 5.02 Å². The molecule has 1 rings (SSSR count). The smallest absolute Gasteiger partial charge is 0.125 e. The molecule has 0 heterocycles. The van der Waals surface area contributed by atoms with Crippen molar-refractivity contribution in [3.63, 3.8) is 0 Å². The van der Waals surface area contributed by atoms with Gasteiger partial charge in [-0.15, -0.1) is 0 Å². The molecule has 0 bridgehead atoms. The number of nitrogens with one attached hydrogen (secondary N) is 1. The second kappa shape index (κ2) is 7.87. The largest absolute Gasteiger partial charge is 0.491 e. The molecule has 1 aromatic rings. The molecular formula is C16H26ClNO2. The maximum atomic E-state index is 6.27. The summed E-state index contributed by atoms with van der Waals surface area (Å²) in [5.74, 6) is 0.821. The standard InChI is InChI=1S/C16H26ClNO2/c1-12(2)19-9-10-20-15-8-6-7-14(17)13(15)11-18-16(3,4)5/h6-8,12,18H,9-11H2,1-5H3. The molecule has 0 aliphatic carbocycles. The van der Waals surface area contributed by atoms with Crippen LogP contribution in [0.15, 0.2) is 18.2 Å². The topological polar surface area (TPSA) is 30.5 Å². The molecular weight excluding hydrogens is 274 g/mol. The molecule has 0 aliphatic rings. The van der Waals surface area contributed by atoms with E-state index in [-0.39, 0.29) is 11.6 Å². The second-order valence-electron chi connectivity index (χ2n) is 6.09. The lowest BCUT2D eigenvalue weighted by molar-refractivity contribution is 0.0550. The van der Waals surface area contributed by atoms with E-state index in [0.29, 0.717) is 19.8 Å². The Kier molecular flexibility index (Phi) is 6.80. The molecule has 0 saturated heterocycles. The van der Waals surface area contributed by atoms with E-state index < -0.39 is 0 Å². The highest BCUT2D eigenvalue weighted by Crippen LogP contribution is 2.26. The molecule has 1 N–H and O–H groups in total. The van der Waals surface area contributed by atoms with Crippen molar-refractivity contribution in [2.45, 2.75) is 52.8 Å². The summed E-state index contributed by atoms with van der Waals surface area (Å²) < 4.78 is 11.3. The lowest BCUT2D eigenvalue weighted by atomic mass is 10.1. The van der Waals surface area contributed by atoms with Gasteiger partial charge in [0.2, 0.25) is 0 Å². The van der Waals surface area contributed by atoms with Gasteiger partial charge in [0.1, 0.15) is 12.4 Å². The highest BCUT2D eigenvalue weighted by molar-refractivity contribution is 6.31. The highest BCUT2D eigenvalue weighted by Gasteiger charge is 2.13. The zero-order valence-electron chi connectivity index (χ0n) is 13.1. The lowest BCUT2D eigenvalue weighted by Gasteiger charge is -2.22. The molecule has 0 aromatic heterocycles. The number of benzene rings is 1. The predicted octanol–water partition coefficient (Wildman–Crippen LogP) is 4.03. The minimum Gasteiger partial charge on any atom is -0.491 e. The first kappa shape index (κ1) is 17.3. The van der Waals surface area contributed by atoms with E-state index >= 15 is 0 Å². The Morgan fingerprint density at radius 3 is 2.50 bits per heavy atom. The monoisotopic (exact) mass is 299 g/mol. The van der Waals surface area contributed by atoms with Gasteiger partial charge < -0.3 is 14.8 Å². The van der Waals surface area contributed by atoms with Crippen molar-refractivity contribution in [1.29, 1.82) is 0 Å². The maximum absolute atomic E-state index is 6.27. The predicted molar refractivity (Wildman–Crippen MR) is 84.6 cm³/mol. The number of ether oxygens (including phenoxy) is 2. The van der Waals surface area contributed by atoms with Gasteiger partial charge in [-0.3, -0.25) is 0 Å². The van der Waals surface area contributed by atoms with Gasteiger partial charge in [-0.2, -0.15) is 0 Å². The van der Waals surface area contributed by atoms with Gasteiger partial charge in [0.25, 0.3) is 0 Å². The zero-order valence-corrected chi connectivity index (χ0v) is 13.9. The number of rotatable bonds is 7. The Labute approximate surface area is 127 Å². The van der Waals surface area contributed by atoms with Crippen LogP contribution in [-0.2, 0) is 11.3 Å². The van der Waals surface area contributed by atoms with Crippen LogP contribution in [0.4, 0.5) is 0 Å². The molecule has 0 radical (unpaired) electrons. The van der Waals surface area contributed by atoms with Crippen LogP contribution in [0.5, 0.6) is 5.75 Å². The van der Waals surface area contributed by atoms with Gasteiger partial charge in [-0.25, -0.2) is 0 Å². The SMILES string of the molecule is CC(C)OCCOc1cccc(Cl)c1CNC(C)(C)C. The van der Waals surface area contributed by atoms with Crippen molar-refractivity contribution in [3.8, 4) is 5.75 Å². The summed E-state index contributed by atoms with van der Waals surface area (Å²) in [5.41, 5.74) is 1.03. The number of hydrogen-bond donors (Lipinski definition) is 1. The van der Waals surface area contributed by atoms with E-state index in [2.05, 4.69) is 26.1 Å². The molecule has 114 valence electrons. The first-order valence-electron chi connectivity index (χ1n) is 7.06. The molecule has 0 aliphatic heterocycles. The van der Waals surface area contributed by atoms with E-state index in [1.165, 1.54) is 0 Å². The zero-order chi connectivity index (χ0) is 15.2. The summed E-state index contributed by atoms with van der Waals surface area (Å²) in [5, 5.41) is 4.16. The van der Waals surface area contributed by atoms with Crippen LogP contribution in [-0.4, -0.2) is 24.9 Å². The van der Waals surface area contributed by atoms with Crippen LogP contribution in [0.25, 0.3) is 0 Å². The van der Waals surface area contributed by atoms with Gasteiger partial charge in [0.15, 0.2) is 0 Å². The third kappa shape index (κ3) is 6.60. The van der Waals surface area contributed by atoms with E-state index in [0.717, 1.165) is 16.3 Å². The summed E-state index contributed by atoms with van der Waals surface area (Å²) in [6.45, 7) is 12.2. The maximum Gasteiger partial charge on any atom is 0.125 e. The first-order valence-corrected chi connectivity index (χ1v) is 7.44. The first-order chi connectivity index (χ1) is 9.29. The van der Waals surface area contributed by atoms with Crippen molar-refractivity contribution >= 4 is 11.6 Å². The average molecular weight is 300 g/mol. The highest BCUT2D eigenvalue weighted by atomic mass is 35.5. The summed E-state index contributed by atoms with van der Waals surface area (Å²) in [6, 6.07) is 5.74. The van der Waals surface area contributed by atoms with E-state index in [1.54, 1.807) is 0 Å². The fraction of sp³-hybridized carbons (Fsp3) is 0.625. The summed E-state index contributed by atoms with van der Waals surface area (Å²) in [4.78, 5) is 0. The Bertz CT molecular complexity index is 413. The van der Waals surface area contributed by atoms with Crippen molar-refractivity contribution in [1.82, 2.24) is 5.32 Å². The van der Waals surface area contributed by atoms with Gasteiger partial charge in [0.05, 0.1) is 12.7 Å². The minimum absolute atomic E-state index is 0.0389. The summed E-state index contributed by atoms with van der Waals surface area (Å²) in [6.07, 6.45) is 0.222. The number of halogens is 1. The Hall–Kier alpha value is -0.770. The average Bonchev–Trinajstić information content (AvgIpc) is 2.32. The Balaban J connectivity index is 2.63. The molecule has 0 atom stereocenters. The normalized spacial score (nSPS) is 11.9. The van der Waals surface area contributed by atoms with Crippen LogP contribution >= 0.6 is 11.6 Å². The van der Waals surface area contributed by atoms with E-state index in [1.807, 2.05) is 32.0 Å². The molecule has 1 aromatic carbocycles. The summed E-state index contributed by atoms with van der Waals surface area (Å²) in [7, 11) is 0. The van der Waals surface area contributed by atoms with Crippen molar-refractivity contribution in [2.75, 3.05) is 13.2 Å². The van der Waals surface area contributed by atoms with Gasteiger partial charge in [-0.1, -0.05) is 17.7 Å². The van der Waals surface area contributed by atoms with E-state index in [4.69, 9.17) is 21.1 Å². The third-order valence-electron chi connectivity index (χ3n) is 2.66. The van der Waals surface area contributed by atoms with E-state index in [9.17, 15) is 0 Å². The second-order valence-corrected chi connectivity index (χ2v) is 6.50. The molecule has 4 heteroatoms.